The van der Waals surface area contributed by atoms with Crippen molar-refractivity contribution in [3.63, 3.8) is 0 Å². The van der Waals surface area contributed by atoms with Crippen LogP contribution in [0.15, 0.2) is 65.9 Å². The number of fused-ring (bicyclic) bond motifs is 1. The van der Waals surface area contributed by atoms with Crippen molar-refractivity contribution < 1.29 is 38.7 Å². The van der Waals surface area contributed by atoms with Crippen molar-refractivity contribution in [2.45, 2.75) is 24.9 Å². The second-order valence-corrected chi connectivity index (χ2v) is 10.2. The van der Waals surface area contributed by atoms with Crippen molar-refractivity contribution in [3.05, 3.63) is 76.5 Å². The van der Waals surface area contributed by atoms with E-state index in [4.69, 9.17) is 21.2 Å². The van der Waals surface area contributed by atoms with E-state index in [1.54, 1.807) is 54.6 Å². The standard InChI is InChI=1S/C26H25ClN4O8S/c1-15(32)38-12-17-14-40-24-21(23(34)31(24)22(17)25(35)36)29-20(33)11-30(26(37)28-18-8-3-2-4-9-18)39-13-16-7-5-6-10-19(16)27/h2-10,21,24H,11-14H2,1H3,(H,28,37)(H,29,33)(H,35,36)/t21-,24?/m1/s1. The fourth-order valence-corrected chi connectivity index (χ4v) is 5.50. The van der Waals surface area contributed by atoms with Gasteiger partial charge in [0.2, 0.25) is 5.91 Å². The molecule has 2 atom stereocenters. The molecule has 0 spiro atoms. The van der Waals surface area contributed by atoms with Gasteiger partial charge in [0.25, 0.3) is 5.91 Å². The Morgan fingerprint density at radius 1 is 1.10 bits per heavy atom. The molecule has 1 unspecified atom stereocenters. The number of hydrogen-bond donors (Lipinski definition) is 3. The Hall–Kier alpha value is -4.07. The Bertz CT molecular complexity index is 1360. The van der Waals surface area contributed by atoms with Gasteiger partial charge in [0.15, 0.2) is 0 Å². The lowest BCUT2D eigenvalue weighted by molar-refractivity contribution is -0.155. The minimum absolute atomic E-state index is 0.109. The van der Waals surface area contributed by atoms with Gasteiger partial charge in [-0.15, -0.1) is 11.8 Å². The van der Waals surface area contributed by atoms with Crippen LogP contribution in [0.5, 0.6) is 0 Å². The van der Waals surface area contributed by atoms with E-state index in [2.05, 4.69) is 10.6 Å². The summed E-state index contributed by atoms with van der Waals surface area (Å²) >= 11 is 7.41. The van der Waals surface area contributed by atoms with Gasteiger partial charge in [-0.25, -0.2) is 9.59 Å². The number of carboxylic acids is 1. The van der Waals surface area contributed by atoms with E-state index in [0.717, 1.165) is 9.96 Å². The predicted octanol–water partition coefficient (Wildman–Crippen LogP) is 2.61. The van der Waals surface area contributed by atoms with Gasteiger partial charge in [0.1, 0.15) is 36.9 Å². The summed E-state index contributed by atoms with van der Waals surface area (Å²) in [6.07, 6.45) is 0. The maximum atomic E-state index is 13.0. The molecule has 0 saturated carbocycles. The zero-order valence-electron chi connectivity index (χ0n) is 21.2. The van der Waals surface area contributed by atoms with Crippen molar-refractivity contribution in [2.75, 3.05) is 24.2 Å². The number of carboxylic acid groups (broad SMARTS) is 1. The van der Waals surface area contributed by atoms with Crippen LogP contribution in [0.4, 0.5) is 10.5 Å². The van der Waals surface area contributed by atoms with E-state index in [-0.39, 0.29) is 30.2 Å². The van der Waals surface area contributed by atoms with Crippen LogP contribution in [0.3, 0.4) is 0 Å². The summed E-state index contributed by atoms with van der Waals surface area (Å²) < 4.78 is 4.92. The Balaban J connectivity index is 1.43. The summed E-state index contributed by atoms with van der Waals surface area (Å²) in [5, 5.41) is 15.5. The maximum Gasteiger partial charge on any atom is 0.352 e. The number of para-hydroxylation sites is 1. The number of halogens is 1. The first-order valence-electron chi connectivity index (χ1n) is 12.0. The van der Waals surface area contributed by atoms with Crippen LogP contribution in [0.25, 0.3) is 0 Å². The first-order chi connectivity index (χ1) is 19.2. The molecule has 3 N–H and O–H groups in total. The molecule has 1 saturated heterocycles. The summed E-state index contributed by atoms with van der Waals surface area (Å²) in [4.78, 5) is 68.6. The van der Waals surface area contributed by atoms with E-state index in [1.807, 2.05) is 0 Å². The van der Waals surface area contributed by atoms with Crippen molar-refractivity contribution >= 4 is 58.8 Å². The summed E-state index contributed by atoms with van der Waals surface area (Å²) in [7, 11) is 0. The highest BCUT2D eigenvalue weighted by Gasteiger charge is 2.54. The van der Waals surface area contributed by atoms with Gasteiger partial charge in [-0.2, -0.15) is 5.06 Å². The summed E-state index contributed by atoms with van der Waals surface area (Å²) in [6, 6.07) is 13.7. The molecule has 2 aliphatic heterocycles. The molecular weight excluding hydrogens is 564 g/mol. The third-order valence-electron chi connectivity index (χ3n) is 5.89. The van der Waals surface area contributed by atoms with Crippen LogP contribution < -0.4 is 10.6 Å². The third-order valence-corrected chi connectivity index (χ3v) is 7.60. The number of anilines is 1. The molecule has 4 rings (SSSR count). The lowest BCUT2D eigenvalue weighted by Crippen LogP contribution is -2.71. The number of benzene rings is 2. The highest BCUT2D eigenvalue weighted by atomic mass is 35.5. The first kappa shape index (κ1) is 28.9. The maximum absolute atomic E-state index is 13.0. The van der Waals surface area contributed by atoms with Gasteiger partial charge in [0.05, 0.1) is 0 Å². The van der Waals surface area contributed by atoms with Crippen molar-refractivity contribution in [1.82, 2.24) is 15.3 Å². The number of carbonyl (C=O) groups is 5. The minimum Gasteiger partial charge on any atom is -0.477 e. The molecule has 2 aliphatic rings. The fraction of sp³-hybridized carbons (Fsp3) is 0.269. The fourth-order valence-electron chi connectivity index (χ4n) is 3.98. The SMILES string of the molecule is CC(=O)OCC1=C(C(=O)O)N2C(=O)[C@@H](NC(=O)CN(OCc3ccccc3Cl)C(=O)Nc3ccccc3)C2SC1. The number of hydroxylamine groups is 2. The smallest absolute Gasteiger partial charge is 0.352 e. The zero-order chi connectivity index (χ0) is 28.8. The number of urea groups is 1. The van der Waals surface area contributed by atoms with Crippen LogP contribution in [0, 0.1) is 0 Å². The number of nitrogens with one attached hydrogen (secondary N) is 2. The van der Waals surface area contributed by atoms with E-state index in [0.29, 0.717) is 16.3 Å². The van der Waals surface area contributed by atoms with Gasteiger partial charge in [0, 0.05) is 29.0 Å². The molecule has 210 valence electrons. The number of β-lactam (4-membered cyclic amide) rings is 1. The van der Waals surface area contributed by atoms with Crippen LogP contribution in [-0.4, -0.2) is 75.2 Å². The van der Waals surface area contributed by atoms with Crippen LogP contribution in [-0.2, 0) is 35.4 Å². The number of hydrogen-bond acceptors (Lipinski definition) is 8. The highest BCUT2D eigenvalue weighted by Crippen LogP contribution is 2.40. The number of aliphatic carboxylic acids is 1. The topological polar surface area (TPSA) is 155 Å². The lowest BCUT2D eigenvalue weighted by Gasteiger charge is -2.49. The number of nitrogens with zero attached hydrogens (tertiary/aromatic N) is 2. The number of carbonyl (C=O) groups excluding carboxylic acids is 4. The molecule has 0 aliphatic carbocycles. The summed E-state index contributed by atoms with van der Waals surface area (Å²) in [6.45, 7) is 0.263. The molecule has 0 aromatic heterocycles. The lowest BCUT2D eigenvalue weighted by atomic mass is 10.0. The Labute approximate surface area is 238 Å². The molecule has 14 heteroatoms. The van der Waals surface area contributed by atoms with E-state index < -0.39 is 47.7 Å². The summed E-state index contributed by atoms with van der Waals surface area (Å²) in [5.41, 5.74) is 1.06. The van der Waals surface area contributed by atoms with Crippen LogP contribution in [0.1, 0.15) is 12.5 Å². The second-order valence-electron chi connectivity index (χ2n) is 8.69. The number of ether oxygens (including phenoxy) is 1. The molecule has 12 nitrogen and oxygen atoms in total. The molecule has 40 heavy (non-hydrogen) atoms. The Morgan fingerprint density at radius 2 is 1.80 bits per heavy atom. The largest absolute Gasteiger partial charge is 0.477 e. The Kier molecular flexibility index (Phi) is 9.30. The first-order valence-corrected chi connectivity index (χ1v) is 13.4. The highest BCUT2D eigenvalue weighted by molar-refractivity contribution is 8.00. The number of thioether (sulfide) groups is 1. The quantitative estimate of drug-likeness (QED) is 0.216. The third kappa shape index (κ3) is 6.73. The normalized spacial score (nSPS) is 17.9. The second kappa shape index (κ2) is 12.9. The van der Waals surface area contributed by atoms with Crippen molar-refractivity contribution in [1.29, 1.82) is 0 Å². The number of rotatable bonds is 10. The molecule has 2 aromatic carbocycles. The zero-order valence-corrected chi connectivity index (χ0v) is 22.7. The average Bonchev–Trinajstić information content (AvgIpc) is 2.93. The number of esters is 1. The predicted molar refractivity (Wildman–Crippen MR) is 145 cm³/mol. The molecule has 0 bridgehead atoms. The van der Waals surface area contributed by atoms with Gasteiger partial charge in [-0.05, 0) is 23.8 Å². The van der Waals surface area contributed by atoms with Gasteiger partial charge in [-0.1, -0.05) is 48.0 Å². The Morgan fingerprint density at radius 3 is 2.48 bits per heavy atom. The molecule has 2 aromatic rings. The van der Waals surface area contributed by atoms with Gasteiger partial charge >= 0.3 is 18.0 Å². The van der Waals surface area contributed by atoms with E-state index in [1.165, 1.54) is 18.7 Å². The van der Waals surface area contributed by atoms with E-state index in [9.17, 15) is 29.1 Å². The summed E-state index contributed by atoms with van der Waals surface area (Å²) in [5.74, 6) is -3.08. The van der Waals surface area contributed by atoms with Gasteiger partial charge < -0.3 is 20.5 Å². The van der Waals surface area contributed by atoms with Crippen molar-refractivity contribution in [2.24, 2.45) is 0 Å². The molecule has 0 radical (unpaired) electrons. The van der Waals surface area contributed by atoms with Crippen molar-refractivity contribution in [3.8, 4) is 0 Å². The minimum atomic E-state index is -1.35. The molecule has 4 amide bonds. The van der Waals surface area contributed by atoms with Gasteiger partial charge in [-0.3, -0.25) is 24.1 Å². The van der Waals surface area contributed by atoms with E-state index >= 15 is 0 Å². The van der Waals surface area contributed by atoms with Crippen LogP contribution in [0.2, 0.25) is 5.02 Å². The molecule has 1 fully saturated rings. The molecular formula is C26H25ClN4O8S. The monoisotopic (exact) mass is 588 g/mol. The number of amides is 4. The molecule has 2 heterocycles. The van der Waals surface area contributed by atoms with Crippen LogP contribution >= 0.6 is 23.4 Å². The average molecular weight is 589 g/mol.